The zero-order valence-corrected chi connectivity index (χ0v) is 7.04. The smallest absolute Gasteiger partial charge is 0.248 e. The van der Waals surface area contributed by atoms with Crippen molar-refractivity contribution in [2.75, 3.05) is 6.07 Å². The van der Waals surface area contributed by atoms with Crippen molar-refractivity contribution in [3.05, 3.63) is 29.8 Å². The molecule has 1 aromatic rings. The summed E-state index contributed by atoms with van der Waals surface area (Å²) in [5.41, 5.74) is 5.47. The van der Waals surface area contributed by atoms with Crippen molar-refractivity contribution in [3.8, 4) is 5.75 Å². The fourth-order valence-corrected chi connectivity index (χ4v) is 0.928. The van der Waals surface area contributed by atoms with Crippen molar-refractivity contribution < 1.29 is 9.53 Å². The maximum absolute atomic E-state index is 10.7. The molecule has 0 radical (unpaired) electrons. The SMILES string of the molecule is NC(=O)c1cccc(OCCl)c1. The quantitative estimate of drug-likeness (QED) is 0.723. The highest BCUT2D eigenvalue weighted by molar-refractivity contribution is 6.17. The second kappa shape index (κ2) is 3.97. The number of halogens is 1. The highest BCUT2D eigenvalue weighted by atomic mass is 35.5. The number of nitrogens with two attached hydrogens (primary N) is 1. The highest BCUT2D eigenvalue weighted by Gasteiger charge is 2.00. The molecule has 1 amide bonds. The van der Waals surface area contributed by atoms with Gasteiger partial charge < -0.3 is 10.5 Å². The number of carbonyl (C=O) groups excluding carboxylic acids is 1. The Kier molecular flexibility index (Phi) is 2.94. The van der Waals surface area contributed by atoms with Crippen LogP contribution in [-0.2, 0) is 0 Å². The van der Waals surface area contributed by atoms with Gasteiger partial charge in [0.05, 0.1) is 0 Å². The summed E-state index contributed by atoms with van der Waals surface area (Å²) < 4.78 is 4.95. The molecule has 12 heavy (non-hydrogen) atoms. The van der Waals surface area contributed by atoms with Gasteiger partial charge in [-0.05, 0) is 18.2 Å². The number of hydrogen-bond acceptors (Lipinski definition) is 2. The van der Waals surface area contributed by atoms with E-state index in [1.54, 1.807) is 24.3 Å². The number of hydrogen-bond donors (Lipinski definition) is 1. The zero-order chi connectivity index (χ0) is 8.97. The minimum absolute atomic E-state index is 0.0578. The number of carbonyl (C=O) groups is 1. The van der Waals surface area contributed by atoms with E-state index in [1.165, 1.54) is 0 Å². The molecule has 2 N–H and O–H groups in total. The lowest BCUT2D eigenvalue weighted by Gasteiger charge is -2.01. The molecule has 0 bridgehead atoms. The van der Waals surface area contributed by atoms with E-state index < -0.39 is 5.91 Å². The Balaban J connectivity index is 2.88. The monoisotopic (exact) mass is 185 g/mol. The first kappa shape index (κ1) is 8.87. The minimum atomic E-state index is -0.477. The summed E-state index contributed by atoms with van der Waals surface area (Å²) >= 11 is 5.33. The molecule has 0 atom stereocenters. The van der Waals surface area contributed by atoms with E-state index in [1.807, 2.05) is 0 Å². The van der Waals surface area contributed by atoms with Crippen molar-refractivity contribution in [1.29, 1.82) is 0 Å². The lowest BCUT2D eigenvalue weighted by atomic mass is 10.2. The van der Waals surface area contributed by atoms with Gasteiger partial charge in [0.1, 0.15) is 5.75 Å². The summed E-state index contributed by atoms with van der Waals surface area (Å²) in [5.74, 6) is 0.0660. The molecule has 0 aromatic heterocycles. The maximum Gasteiger partial charge on any atom is 0.248 e. The molecular formula is C8H8ClNO2. The van der Waals surface area contributed by atoms with E-state index in [9.17, 15) is 4.79 Å². The standard InChI is InChI=1S/C8H8ClNO2/c9-5-12-7-3-1-2-6(4-7)8(10)11/h1-4H,5H2,(H2,10,11). The number of amides is 1. The van der Waals surface area contributed by atoms with E-state index in [0.717, 1.165) is 0 Å². The van der Waals surface area contributed by atoms with Crippen LogP contribution >= 0.6 is 11.6 Å². The molecule has 1 rings (SSSR count). The minimum Gasteiger partial charge on any atom is -0.478 e. The molecule has 0 aliphatic rings. The van der Waals surface area contributed by atoms with Gasteiger partial charge in [-0.25, -0.2) is 0 Å². The maximum atomic E-state index is 10.7. The van der Waals surface area contributed by atoms with Crippen LogP contribution in [0.3, 0.4) is 0 Å². The Morgan fingerprint density at radius 1 is 1.58 bits per heavy atom. The number of ether oxygens (including phenoxy) is 1. The lowest BCUT2D eigenvalue weighted by molar-refractivity contribution is 0.1000. The summed E-state index contributed by atoms with van der Waals surface area (Å²) in [5, 5.41) is 0. The Morgan fingerprint density at radius 2 is 2.33 bits per heavy atom. The first-order valence-corrected chi connectivity index (χ1v) is 3.86. The van der Waals surface area contributed by atoms with Crippen molar-refractivity contribution >= 4 is 17.5 Å². The van der Waals surface area contributed by atoms with Crippen molar-refractivity contribution in [1.82, 2.24) is 0 Å². The number of rotatable bonds is 3. The zero-order valence-electron chi connectivity index (χ0n) is 6.29. The molecule has 0 unspecified atom stereocenters. The molecule has 64 valence electrons. The van der Waals surface area contributed by atoms with Gasteiger partial charge in [0.15, 0.2) is 6.07 Å². The molecule has 4 heteroatoms. The molecule has 0 heterocycles. The van der Waals surface area contributed by atoms with Crippen LogP contribution in [0, 0.1) is 0 Å². The van der Waals surface area contributed by atoms with Gasteiger partial charge in [0.25, 0.3) is 0 Å². The first-order chi connectivity index (χ1) is 5.74. The van der Waals surface area contributed by atoms with Crippen molar-refractivity contribution in [2.45, 2.75) is 0 Å². The van der Waals surface area contributed by atoms with Crippen LogP contribution in [0.1, 0.15) is 10.4 Å². The average Bonchev–Trinajstić information content (AvgIpc) is 2.05. The van der Waals surface area contributed by atoms with E-state index in [2.05, 4.69) is 0 Å². The van der Waals surface area contributed by atoms with Gasteiger partial charge in [-0.2, -0.15) is 0 Å². The van der Waals surface area contributed by atoms with Gasteiger partial charge in [-0.3, -0.25) is 4.79 Å². The molecule has 3 nitrogen and oxygen atoms in total. The summed E-state index contributed by atoms with van der Waals surface area (Å²) in [6.07, 6.45) is 0. The van der Waals surface area contributed by atoms with Crippen LogP contribution < -0.4 is 10.5 Å². The molecule has 0 fully saturated rings. The first-order valence-electron chi connectivity index (χ1n) is 3.32. The third-order valence-electron chi connectivity index (χ3n) is 1.34. The summed E-state index contributed by atoms with van der Waals surface area (Å²) in [4.78, 5) is 10.7. The van der Waals surface area contributed by atoms with E-state index in [4.69, 9.17) is 22.1 Å². The predicted octanol–water partition coefficient (Wildman–Crippen LogP) is 1.36. The van der Waals surface area contributed by atoms with Crippen LogP contribution in [0.2, 0.25) is 0 Å². The second-order valence-corrected chi connectivity index (χ2v) is 2.36. The largest absolute Gasteiger partial charge is 0.478 e. The van der Waals surface area contributed by atoms with Crippen LogP contribution in [0.5, 0.6) is 5.75 Å². The number of benzene rings is 1. The third-order valence-corrected chi connectivity index (χ3v) is 1.45. The predicted molar refractivity (Wildman–Crippen MR) is 46.3 cm³/mol. The van der Waals surface area contributed by atoms with Gasteiger partial charge in [0, 0.05) is 5.56 Å². The van der Waals surface area contributed by atoms with Gasteiger partial charge in [-0.1, -0.05) is 17.7 Å². The van der Waals surface area contributed by atoms with Crippen molar-refractivity contribution in [2.24, 2.45) is 5.73 Å². The summed E-state index contributed by atoms with van der Waals surface area (Å²) in [6.45, 7) is 0. The average molecular weight is 186 g/mol. The molecule has 0 saturated heterocycles. The third kappa shape index (κ3) is 2.13. The fraction of sp³-hybridized carbons (Fsp3) is 0.125. The molecule has 0 aliphatic carbocycles. The molecular weight excluding hydrogens is 178 g/mol. The number of primary amides is 1. The Hall–Kier alpha value is -1.22. The van der Waals surface area contributed by atoms with Gasteiger partial charge in [0.2, 0.25) is 5.91 Å². The van der Waals surface area contributed by atoms with Gasteiger partial charge in [-0.15, -0.1) is 0 Å². The summed E-state index contributed by atoms with van der Waals surface area (Å²) in [6, 6.07) is 6.60. The van der Waals surface area contributed by atoms with E-state index in [0.29, 0.717) is 11.3 Å². The highest BCUT2D eigenvalue weighted by Crippen LogP contribution is 2.12. The van der Waals surface area contributed by atoms with Crippen LogP contribution in [0.15, 0.2) is 24.3 Å². The van der Waals surface area contributed by atoms with Crippen molar-refractivity contribution in [3.63, 3.8) is 0 Å². The normalized spacial score (nSPS) is 9.42. The number of alkyl halides is 1. The fourth-order valence-electron chi connectivity index (χ4n) is 0.802. The van der Waals surface area contributed by atoms with E-state index in [-0.39, 0.29) is 6.07 Å². The summed E-state index contributed by atoms with van der Waals surface area (Å²) in [7, 11) is 0. The second-order valence-electron chi connectivity index (χ2n) is 2.15. The molecule has 0 spiro atoms. The van der Waals surface area contributed by atoms with E-state index >= 15 is 0 Å². The van der Waals surface area contributed by atoms with Crippen LogP contribution in [0.4, 0.5) is 0 Å². The molecule has 0 aliphatic heterocycles. The Bertz CT molecular complexity index is 288. The Labute approximate surface area is 75.1 Å². The van der Waals surface area contributed by atoms with Crippen LogP contribution in [-0.4, -0.2) is 12.0 Å². The molecule has 0 saturated carbocycles. The topological polar surface area (TPSA) is 52.3 Å². The van der Waals surface area contributed by atoms with Gasteiger partial charge >= 0.3 is 0 Å². The Morgan fingerprint density at radius 3 is 2.92 bits per heavy atom. The lowest BCUT2D eigenvalue weighted by Crippen LogP contribution is -2.10. The molecule has 1 aromatic carbocycles. The van der Waals surface area contributed by atoms with Crippen LogP contribution in [0.25, 0.3) is 0 Å².